The minimum Gasteiger partial charge on any atom is -0.497 e. The maximum Gasteiger partial charge on any atom is 0.237 e. The van der Waals surface area contributed by atoms with Crippen LogP contribution in [0.5, 0.6) is 5.75 Å². The lowest BCUT2D eigenvalue weighted by Gasteiger charge is -2.11. The van der Waals surface area contributed by atoms with E-state index in [0.717, 1.165) is 23.4 Å². The molecule has 1 aromatic carbocycles. The highest BCUT2D eigenvalue weighted by atomic mass is 16.5. The second-order valence-corrected chi connectivity index (χ2v) is 4.78. The van der Waals surface area contributed by atoms with Crippen LogP contribution in [0.4, 0.5) is 0 Å². The SMILES string of the molecule is COc1ccc(CCNC(=O)C(N)Cc2cnc[nH]2)cc1. The second kappa shape index (κ2) is 7.44. The summed E-state index contributed by atoms with van der Waals surface area (Å²) in [5, 5.41) is 2.84. The summed E-state index contributed by atoms with van der Waals surface area (Å²) in [6.07, 6.45) is 4.45. The number of benzene rings is 1. The van der Waals surface area contributed by atoms with Crippen LogP contribution in [0.1, 0.15) is 11.3 Å². The van der Waals surface area contributed by atoms with Gasteiger partial charge in [-0.05, 0) is 24.1 Å². The summed E-state index contributed by atoms with van der Waals surface area (Å²) >= 11 is 0. The largest absolute Gasteiger partial charge is 0.497 e. The molecule has 1 heterocycles. The van der Waals surface area contributed by atoms with Crippen molar-refractivity contribution in [2.24, 2.45) is 5.73 Å². The molecule has 0 bridgehead atoms. The number of amides is 1. The molecule has 6 heteroatoms. The monoisotopic (exact) mass is 288 g/mol. The summed E-state index contributed by atoms with van der Waals surface area (Å²) in [5.74, 6) is 0.669. The molecule has 0 aliphatic heterocycles. The molecule has 4 N–H and O–H groups in total. The number of ether oxygens (including phenoxy) is 1. The van der Waals surface area contributed by atoms with Crippen LogP contribution in [0.15, 0.2) is 36.8 Å². The van der Waals surface area contributed by atoms with Crippen molar-refractivity contribution in [2.45, 2.75) is 18.9 Å². The van der Waals surface area contributed by atoms with Crippen LogP contribution >= 0.6 is 0 Å². The van der Waals surface area contributed by atoms with E-state index in [0.29, 0.717) is 13.0 Å². The van der Waals surface area contributed by atoms with E-state index in [2.05, 4.69) is 15.3 Å². The normalized spacial score (nSPS) is 11.9. The highest BCUT2D eigenvalue weighted by Gasteiger charge is 2.14. The smallest absolute Gasteiger partial charge is 0.237 e. The summed E-state index contributed by atoms with van der Waals surface area (Å²) in [6, 6.07) is 7.20. The first kappa shape index (κ1) is 15.1. The Balaban J connectivity index is 1.73. The van der Waals surface area contributed by atoms with Crippen molar-refractivity contribution in [1.29, 1.82) is 0 Å². The van der Waals surface area contributed by atoms with Crippen molar-refractivity contribution in [1.82, 2.24) is 15.3 Å². The van der Waals surface area contributed by atoms with Gasteiger partial charge in [-0.15, -0.1) is 0 Å². The topological polar surface area (TPSA) is 93.0 Å². The average Bonchev–Trinajstić information content (AvgIpc) is 3.00. The lowest BCUT2D eigenvalue weighted by atomic mass is 10.1. The van der Waals surface area contributed by atoms with Crippen LogP contribution < -0.4 is 15.8 Å². The van der Waals surface area contributed by atoms with Gasteiger partial charge in [0.15, 0.2) is 0 Å². The minimum atomic E-state index is -0.568. The number of nitrogens with zero attached hydrogens (tertiary/aromatic N) is 1. The van der Waals surface area contributed by atoms with Crippen LogP contribution in [0.25, 0.3) is 0 Å². The van der Waals surface area contributed by atoms with Crippen LogP contribution in [0.2, 0.25) is 0 Å². The molecule has 1 amide bonds. The Morgan fingerprint density at radius 2 is 2.19 bits per heavy atom. The Morgan fingerprint density at radius 1 is 1.43 bits per heavy atom. The van der Waals surface area contributed by atoms with Gasteiger partial charge in [-0.1, -0.05) is 12.1 Å². The van der Waals surface area contributed by atoms with Crippen LogP contribution in [-0.2, 0) is 17.6 Å². The highest BCUT2D eigenvalue weighted by molar-refractivity contribution is 5.81. The first-order chi connectivity index (χ1) is 10.2. The Labute approximate surface area is 123 Å². The number of hydrogen-bond donors (Lipinski definition) is 3. The van der Waals surface area contributed by atoms with E-state index in [1.807, 2.05) is 24.3 Å². The molecule has 0 spiro atoms. The quantitative estimate of drug-likeness (QED) is 0.697. The Kier molecular flexibility index (Phi) is 5.34. The molecular formula is C15H20N4O2. The Hall–Kier alpha value is -2.34. The first-order valence-corrected chi connectivity index (χ1v) is 6.82. The van der Waals surface area contributed by atoms with Gasteiger partial charge in [-0.3, -0.25) is 4.79 Å². The molecule has 6 nitrogen and oxygen atoms in total. The fraction of sp³-hybridized carbons (Fsp3) is 0.333. The first-order valence-electron chi connectivity index (χ1n) is 6.82. The average molecular weight is 288 g/mol. The molecule has 0 saturated carbocycles. The van der Waals surface area contributed by atoms with E-state index in [-0.39, 0.29) is 5.91 Å². The molecule has 0 aliphatic carbocycles. The number of imidazole rings is 1. The van der Waals surface area contributed by atoms with E-state index in [1.165, 1.54) is 0 Å². The minimum absolute atomic E-state index is 0.155. The summed E-state index contributed by atoms with van der Waals surface area (Å²) in [5.41, 5.74) is 7.84. The van der Waals surface area contributed by atoms with Gasteiger partial charge in [-0.2, -0.15) is 0 Å². The van der Waals surface area contributed by atoms with Crippen molar-refractivity contribution >= 4 is 5.91 Å². The van der Waals surface area contributed by atoms with E-state index in [1.54, 1.807) is 19.6 Å². The Morgan fingerprint density at radius 3 is 2.81 bits per heavy atom. The zero-order valence-electron chi connectivity index (χ0n) is 12.0. The van der Waals surface area contributed by atoms with E-state index >= 15 is 0 Å². The third-order valence-corrected chi connectivity index (χ3v) is 3.20. The molecule has 0 radical (unpaired) electrons. The van der Waals surface area contributed by atoms with Crippen LogP contribution in [0, 0.1) is 0 Å². The number of carbonyl (C=O) groups is 1. The highest BCUT2D eigenvalue weighted by Crippen LogP contribution is 2.11. The maximum absolute atomic E-state index is 11.9. The van der Waals surface area contributed by atoms with E-state index < -0.39 is 6.04 Å². The lowest BCUT2D eigenvalue weighted by molar-refractivity contribution is -0.122. The number of aromatic nitrogens is 2. The van der Waals surface area contributed by atoms with Crippen LogP contribution in [-0.4, -0.2) is 35.6 Å². The number of H-pyrrole nitrogens is 1. The zero-order chi connectivity index (χ0) is 15.1. The third kappa shape index (κ3) is 4.61. The fourth-order valence-electron chi connectivity index (χ4n) is 1.98. The van der Waals surface area contributed by atoms with E-state index in [4.69, 9.17) is 10.5 Å². The molecule has 0 fully saturated rings. The molecule has 2 rings (SSSR count). The number of carbonyl (C=O) groups excluding carboxylic acids is 1. The third-order valence-electron chi connectivity index (χ3n) is 3.20. The van der Waals surface area contributed by atoms with E-state index in [9.17, 15) is 4.79 Å². The van der Waals surface area contributed by atoms with Gasteiger partial charge in [0.1, 0.15) is 5.75 Å². The predicted molar refractivity (Wildman–Crippen MR) is 80.0 cm³/mol. The van der Waals surface area contributed by atoms with Crippen molar-refractivity contribution in [2.75, 3.05) is 13.7 Å². The molecule has 0 aliphatic rings. The van der Waals surface area contributed by atoms with Gasteiger partial charge in [-0.25, -0.2) is 4.98 Å². The molecule has 1 aromatic heterocycles. The number of nitrogens with two attached hydrogens (primary N) is 1. The molecule has 0 saturated heterocycles. The molecule has 1 atom stereocenters. The summed E-state index contributed by atoms with van der Waals surface area (Å²) in [7, 11) is 1.64. The van der Waals surface area contributed by atoms with Gasteiger partial charge in [0.25, 0.3) is 0 Å². The van der Waals surface area contributed by atoms with Crippen molar-refractivity contribution in [3.8, 4) is 5.75 Å². The molecule has 112 valence electrons. The number of aromatic amines is 1. The molecule has 1 unspecified atom stereocenters. The van der Waals surface area contributed by atoms with Gasteiger partial charge in [0, 0.05) is 24.9 Å². The van der Waals surface area contributed by atoms with Crippen molar-refractivity contribution in [3.63, 3.8) is 0 Å². The van der Waals surface area contributed by atoms with Crippen molar-refractivity contribution < 1.29 is 9.53 Å². The lowest BCUT2D eigenvalue weighted by Crippen LogP contribution is -2.42. The van der Waals surface area contributed by atoms with Gasteiger partial charge in [0.2, 0.25) is 5.91 Å². The number of hydrogen-bond acceptors (Lipinski definition) is 4. The number of methoxy groups -OCH3 is 1. The zero-order valence-corrected chi connectivity index (χ0v) is 12.0. The standard InChI is InChI=1S/C15H20N4O2/c1-21-13-4-2-11(3-5-13)6-7-18-15(20)14(16)8-12-9-17-10-19-12/h2-5,9-10,14H,6-8,16H2,1H3,(H,17,19)(H,18,20). The maximum atomic E-state index is 11.9. The summed E-state index contributed by atoms with van der Waals surface area (Å²) < 4.78 is 5.10. The van der Waals surface area contributed by atoms with Crippen LogP contribution in [0.3, 0.4) is 0 Å². The van der Waals surface area contributed by atoms with Gasteiger partial charge < -0.3 is 20.8 Å². The predicted octanol–water partition coefficient (Wildman–Crippen LogP) is 0.647. The number of rotatable bonds is 7. The molecular weight excluding hydrogens is 268 g/mol. The summed E-state index contributed by atoms with van der Waals surface area (Å²) in [6.45, 7) is 0.557. The molecule has 2 aromatic rings. The van der Waals surface area contributed by atoms with Gasteiger partial charge in [0.05, 0.1) is 19.5 Å². The fourth-order valence-corrected chi connectivity index (χ4v) is 1.98. The molecule has 21 heavy (non-hydrogen) atoms. The summed E-state index contributed by atoms with van der Waals surface area (Å²) in [4.78, 5) is 18.7. The van der Waals surface area contributed by atoms with Crippen molar-refractivity contribution in [3.05, 3.63) is 48.0 Å². The number of nitrogens with one attached hydrogen (secondary N) is 2. The van der Waals surface area contributed by atoms with Gasteiger partial charge >= 0.3 is 0 Å². The Bertz CT molecular complexity index is 552. The second-order valence-electron chi connectivity index (χ2n) is 4.78.